The summed E-state index contributed by atoms with van der Waals surface area (Å²) in [5, 5.41) is 5.83. The summed E-state index contributed by atoms with van der Waals surface area (Å²) in [5.74, 6) is -0.542. The molecule has 2 heterocycles. The van der Waals surface area contributed by atoms with Crippen LogP contribution in [0.25, 0.3) is 0 Å². The Morgan fingerprint density at radius 2 is 1.86 bits per heavy atom. The highest BCUT2D eigenvalue weighted by molar-refractivity contribution is 8.14. The Morgan fingerprint density at radius 3 is 2.62 bits per heavy atom. The SMILES string of the molecule is O=C(Nc1cc(OC2=NC3SC(NC(=O)C4CC4)=NC3C=C2)ccc1Cl)c1cccc(OC(F)(F)F)c1. The van der Waals surface area contributed by atoms with Gasteiger partial charge in [-0.05, 0) is 49.2 Å². The van der Waals surface area contributed by atoms with Gasteiger partial charge in [-0.15, -0.1) is 13.2 Å². The van der Waals surface area contributed by atoms with Crippen LogP contribution in [0.3, 0.4) is 0 Å². The number of nitrogens with zero attached hydrogens (tertiary/aromatic N) is 2. The van der Waals surface area contributed by atoms with Crippen LogP contribution >= 0.6 is 23.4 Å². The zero-order valence-corrected chi connectivity index (χ0v) is 20.4. The van der Waals surface area contributed by atoms with Crippen molar-refractivity contribution >= 4 is 51.9 Å². The summed E-state index contributed by atoms with van der Waals surface area (Å²) in [6.07, 6.45) is 0.403. The van der Waals surface area contributed by atoms with Crippen molar-refractivity contribution in [2.24, 2.45) is 15.9 Å². The Morgan fingerprint density at radius 1 is 1.05 bits per heavy atom. The second-order valence-electron chi connectivity index (χ2n) is 8.30. The fraction of sp³-hybridized carbons (Fsp3) is 0.250. The van der Waals surface area contributed by atoms with Crippen molar-refractivity contribution in [3.05, 3.63) is 65.2 Å². The summed E-state index contributed by atoms with van der Waals surface area (Å²) < 4.78 is 47.2. The summed E-state index contributed by atoms with van der Waals surface area (Å²) in [7, 11) is 0. The van der Waals surface area contributed by atoms with E-state index in [9.17, 15) is 22.8 Å². The zero-order valence-electron chi connectivity index (χ0n) is 18.8. The van der Waals surface area contributed by atoms with Crippen molar-refractivity contribution in [1.29, 1.82) is 0 Å². The van der Waals surface area contributed by atoms with Gasteiger partial charge in [0.15, 0.2) is 5.17 Å². The molecule has 1 fully saturated rings. The lowest BCUT2D eigenvalue weighted by Crippen LogP contribution is -2.28. The summed E-state index contributed by atoms with van der Waals surface area (Å²) >= 11 is 7.54. The van der Waals surface area contributed by atoms with Crippen molar-refractivity contribution < 1.29 is 32.2 Å². The third-order valence-electron chi connectivity index (χ3n) is 5.40. The van der Waals surface area contributed by atoms with Crippen LogP contribution in [0, 0.1) is 5.92 Å². The van der Waals surface area contributed by atoms with Crippen molar-refractivity contribution in [1.82, 2.24) is 5.32 Å². The average molecular weight is 551 g/mol. The second kappa shape index (κ2) is 10.1. The maximum Gasteiger partial charge on any atom is 0.573 e. The number of amides is 2. The molecule has 0 aromatic heterocycles. The van der Waals surface area contributed by atoms with Crippen LogP contribution < -0.4 is 20.1 Å². The zero-order chi connectivity index (χ0) is 26.2. The molecule has 2 unspecified atom stereocenters. The van der Waals surface area contributed by atoms with Crippen LogP contribution in [0.4, 0.5) is 18.9 Å². The largest absolute Gasteiger partial charge is 0.573 e. The normalized spacial score (nSPS) is 20.4. The molecule has 2 aromatic carbocycles. The Hall–Kier alpha value is -3.51. The molecule has 2 aromatic rings. The minimum Gasteiger partial charge on any atom is -0.439 e. The first kappa shape index (κ1) is 25.2. The lowest BCUT2D eigenvalue weighted by atomic mass is 10.2. The van der Waals surface area contributed by atoms with E-state index in [0.717, 1.165) is 25.0 Å². The maximum absolute atomic E-state index is 12.6. The first-order valence-electron chi connectivity index (χ1n) is 11.1. The third kappa shape index (κ3) is 6.44. The van der Waals surface area contributed by atoms with Gasteiger partial charge in [-0.1, -0.05) is 35.5 Å². The molecule has 2 amide bonds. The molecule has 3 aliphatic rings. The topological polar surface area (TPSA) is 101 Å². The molecule has 0 saturated heterocycles. The number of ether oxygens (including phenoxy) is 2. The molecule has 192 valence electrons. The molecular formula is C24H18ClF3N4O4S. The van der Waals surface area contributed by atoms with Crippen LogP contribution in [0.2, 0.25) is 5.02 Å². The molecule has 0 bridgehead atoms. The van der Waals surface area contributed by atoms with E-state index in [1.165, 1.54) is 36.0 Å². The Bertz CT molecular complexity index is 1340. The molecule has 2 aliphatic heterocycles. The minimum absolute atomic E-state index is 0.0234. The van der Waals surface area contributed by atoms with Gasteiger partial charge >= 0.3 is 6.36 Å². The Balaban J connectivity index is 1.23. The van der Waals surface area contributed by atoms with E-state index < -0.39 is 18.0 Å². The Labute approximate surface area is 218 Å². The molecule has 2 atom stereocenters. The maximum atomic E-state index is 12.6. The summed E-state index contributed by atoms with van der Waals surface area (Å²) in [6.45, 7) is 0. The van der Waals surface area contributed by atoms with Crippen LogP contribution in [-0.4, -0.2) is 40.7 Å². The standard InChI is InChI=1S/C24H18ClF3N4O4S/c25-16-7-6-14(11-18(16)29-21(34)13-2-1-3-15(10-13)36-24(26,27)28)35-19-9-8-17-22(31-19)37-23(30-17)32-20(33)12-4-5-12/h1-3,6-12,17,22H,4-5H2,(H,29,34)(H,30,32,33). The van der Waals surface area contributed by atoms with Gasteiger partial charge in [-0.25, -0.2) is 4.99 Å². The number of carbonyl (C=O) groups is 2. The van der Waals surface area contributed by atoms with E-state index in [4.69, 9.17) is 16.3 Å². The van der Waals surface area contributed by atoms with Crippen LogP contribution in [0.1, 0.15) is 23.2 Å². The van der Waals surface area contributed by atoms with Gasteiger partial charge in [0.1, 0.15) is 22.9 Å². The van der Waals surface area contributed by atoms with Crippen molar-refractivity contribution in [3.63, 3.8) is 0 Å². The molecule has 37 heavy (non-hydrogen) atoms. The number of fused-ring (bicyclic) bond motifs is 1. The van der Waals surface area contributed by atoms with E-state index >= 15 is 0 Å². The number of nitrogens with one attached hydrogen (secondary N) is 2. The molecule has 2 N–H and O–H groups in total. The molecular weight excluding hydrogens is 533 g/mol. The van der Waals surface area contributed by atoms with Crippen molar-refractivity contribution in [2.75, 3.05) is 5.32 Å². The fourth-order valence-corrected chi connectivity index (χ4v) is 4.68. The molecule has 1 aliphatic carbocycles. The second-order valence-corrected chi connectivity index (χ2v) is 9.81. The number of benzene rings is 2. The quantitative estimate of drug-likeness (QED) is 0.535. The average Bonchev–Trinajstić information content (AvgIpc) is 3.61. The van der Waals surface area contributed by atoms with E-state index in [1.807, 2.05) is 6.08 Å². The smallest absolute Gasteiger partial charge is 0.439 e. The summed E-state index contributed by atoms with van der Waals surface area (Å²) in [4.78, 5) is 33.6. The van der Waals surface area contributed by atoms with E-state index in [2.05, 4.69) is 25.4 Å². The number of alkyl halides is 3. The highest BCUT2D eigenvalue weighted by atomic mass is 35.5. The molecule has 5 rings (SSSR count). The number of dihydropyridines is 1. The van der Waals surface area contributed by atoms with Gasteiger partial charge in [0, 0.05) is 17.5 Å². The van der Waals surface area contributed by atoms with Crippen molar-refractivity contribution in [2.45, 2.75) is 30.6 Å². The number of aliphatic imine (C=N–C) groups is 2. The van der Waals surface area contributed by atoms with Crippen LogP contribution in [0.15, 0.2) is 64.6 Å². The summed E-state index contributed by atoms with van der Waals surface area (Å²) in [5.41, 5.74) is 0.130. The van der Waals surface area contributed by atoms with Crippen LogP contribution in [-0.2, 0) is 4.79 Å². The lowest BCUT2D eigenvalue weighted by Gasteiger charge is -2.17. The first-order valence-corrected chi connectivity index (χ1v) is 12.3. The highest BCUT2D eigenvalue weighted by Gasteiger charge is 2.35. The number of rotatable bonds is 5. The number of hydrogen-bond donors (Lipinski definition) is 2. The molecule has 0 spiro atoms. The number of halogens is 4. The predicted octanol–water partition coefficient (Wildman–Crippen LogP) is 5.16. The third-order valence-corrected chi connectivity index (χ3v) is 6.78. The van der Waals surface area contributed by atoms with Gasteiger partial charge in [0.05, 0.1) is 10.7 Å². The fourth-order valence-electron chi connectivity index (χ4n) is 3.49. The molecule has 0 radical (unpaired) electrons. The number of thioether (sulfide) groups is 1. The molecule has 8 nitrogen and oxygen atoms in total. The number of amidine groups is 1. The highest BCUT2D eigenvalue weighted by Crippen LogP contribution is 2.34. The van der Waals surface area contributed by atoms with Crippen molar-refractivity contribution in [3.8, 4) is 11.5 Å². The summed E-state index contributed by atoms with van der Waals surface area (Å²) in [6, 6.07) is 9.01. The van der Waals surface area contributed by atoms with Crippen LogP contribution in [0.5, 0.6) is 11.5 Å². The van der Waals surface area contributed by atoms with Gasteiger partial charge in [0.25, 0.3) is 5.91 Å². The van der Waals surface area contributed by atoms with Gasteiger partial charge in [-0.2, -0.15) is 0 Å². The first-order chi connectivity index (χ1) is 17.6. The monoisotopic (exact) mass is 550 g/mol. The van der Waals surface area contributed by atoms with E-state index in [-0.39, 0.29) is 39.5 Å². The van der Waals surface area contributed by atoms with Gasteiger partial charge in [0.2, 0.25) is 11.8 Å². The molecule has 1 saturated carbocycles. The number of carbonyl (C=O) groups excluding carboxylic acids is 2. The predicted molar refractivity (Wildman–Crippen MR) is 133 cm³/mol. The molecule has 13 heteroatoms. The van der Waals surface area contributed by atoms with Gasteiger partial charge < -0.3 is 20.1 Å². The number of anilines is 1. The lowest BCUT2D eigenvalue weighted by molar-refractivity contribution is -0.274. The minimum atomic E-state index is -4.88. The van der Waals surface area contributed by atoms with Gasteiger partial charge in [-0.3, -0.25) is 14.6 Å². The van der Waals surface area contributed by atoms with E-state index in [0.29, 0.717) is 16.8 Å². The van der Waals surface area contributed by atoms with E-state index in [1.54, 1.807) is 12.1 Å². The Kier molecular flexibility index (Phi) is 6.86. The number of hydrogen-bond acceptors (Lipinski definition) is 7.